The number of benzene rings is 1. The van der Waals surface area contributed by atoms with E-state index in [-0.39, 0.29) is 6.79 Å². The van der Waals surface area contributed by atoms with Gasteiger partial charge in [-0.3, -0.25) is 0 Å². The molecule has 8 heteroatoms. The lowest BCUT2D eigenvalue weighted by Gasteiger charge is -2.35. The smallest absolute Gasteiger partial charge is 0.231 e. The summed E-state index contributed by atoms with van der Waals surface area (Å²) in [5.41, 5.74) is 8.02. The van der Waals surface area contributed by atoms with Crippen LogP contribution in [0.2, 0.25) is 0 Å². The number of aromatic nitrogens is 2. The summed E-state index contributed by atoms with van der Waals surface area (Å²) < 4.78 is 10.8. The van der Waals surface area contributed by atoms with Crippen LogP contribution < -0.4 is 25.4 Å². The first kappa shape index (κ1) is 16.7. The molecule has 3 heterocycles. The minimum Gasteiger partial charge on any atom is -0.454 e. The Balaban J connectivity index is 1.44. The molecule has 2 aromatic rings. The monoisotopic (exact) mass is 356 g/mol. The predicted octanol–water partition coefficient (Wildman–Crippen LogP) is 1.54. The molecule has 0 saturated carbocycles. The number of rotatable bonds is 5. The third-order valence-corrected chi connectivity index (χ3v) is 4.88. The minimum absolute atomic E-state index is 0.278. The highest BCUT2D eigenvalue weighted by molar-refractivity contribution is 5.75. The minimum atomic E-state index is 0.278. The molecule has 2 aliphatic heterocycles. The zero-order chi connectivity index (χ0) is 17.9. The van der Waals surface area contributed by atoms with Gasteiger partial charge in [0.1, 0.15) is 12.0 Å². The SMILES string of the molecule is CCN1CCN(c2ncnc(NCc3ccc4c(c3)OCO4)c2N)CC1. The second kappa shape index (κ2) is 7.25. The molecule has 138 valence electrons. The summed E-state index contributed by atoms with van der Waals surface area (Å²) in [5.74, 6) is 3.02. The quantitative estimate of drug-likeness (QED) is 0.834. The number of hydrogen-bond donors (Lipinski definition) is 2. The van der Waals surface area contributed by atoms with Crippen LogP contribution >= 0.6 is 0 Å². The first-order valence-electron chi connectivity index (χ1n) is 8.94. The molecule has 0 atom stereocenters. The Hall–Kier alpha value is -2.74. The zero-order valence-electron chi connectivity index (χ0n) is 14.9. The van der Waals surface area contributed by atoms with E-state index >= 15 is 0 Å². The third-order valence-electron chi connectivity index (χ3n) is 4.88. The Morgan fingerprint density at radius 1 is 1.12 bits per heavy atom. The molecule has 4 rings (SSSR count). The second-order valence-electron chi connectivity index (χ2n) is 6.42. The van der Waals surface area contributed by atoms with Crippen molar-refractivity contribution in [3.8, 4) is 11.5 Å². The number of nitrogen functional groups attached to an aromatic ring is 1. The van der Waals surface area contributed by atoms with Crippen LogP contribution in [0.25, 0.3) is 0 Å². The van der Waals surface area contributed by atoms with Crippen molar-refractivity contribution in [3.63, 3.8) is 0 Å². The summed E-state index contributed by atoms with van der Waals surface area (Å²) in [5, 5.41) is 3.31. The van der Waals surface area contributed by atoms with E-state index in [0.717, 1.165) is 55.6 Å². The standard InChI is InChI=1S/C18H24N6O2/c1-2-23-5-7-24(8-6-23)18-16(19)17(21-11-22-18)20-10-13-3-4-14-15(9-13)26-12-25-14/h3-4,9,11H,2,5-8,10,12,19H2,1H3,(H,20,21,22). The van der Waals surface area contributed by atoms with E-state index in [9.17, 15) is 0 Å². The van der Waals surface area contributed by atoms with Gasteiger partial charge in [-0.25, -0.2) is 9.97 Å². The molecule has 0 amide bonds. The van der Waals surface area contributed by atoms with E-state index in [4.69, 9.17) is 15.2 Å². The van der Waals surface area contributed by atoms with Gasteiger partial charge in [0.15, 0.2) is 23.1 Å². The molecular formula is C18H24N6O2. The first-order valence-corrected chi connectivity index (χ1v) is 8.94. The Kier molecular flexibility index (Phi) is 4.66. The van der Waals surface area contributed by atoms with E-state index < -0.39 is 0 Å². The topological polar surface area (TPSA) is 88.8 Å². The summed E-state index contributed by atoms with van der Waals surface area (Å²) >= 11 is 0. The molecule has 0 unspecified atom stereocenters. The Labute approximate surface area is 152 Å². The number of nitrogens with zero attached hydrogens (tertiary/aromatic N) is 4. The number of ether oxygens (including phenoxy) is 2. The number of hydrogen-bond acceptors (Lipinski definition) is 8. The maximum atomic E-state index is 6.35. The predicted molar refractivity (Wildman–Crippen MR) is 101 cm³/mol. The molecule has 8 nitrogen and oxygen atoms in total. The highest BCUT2D eigenvalue weighted by Crippen LogP contribution is 2.33. The number of likely N-dealkylation sites (N-methyl/N-ethyl adjacent to an activating group) is 1. The molecule has 0 aliphatic carbocycles. The van der Waals surface area contributed by atoms with Gasteiger partial charge < -0.3 is 30.3 Å². The average Bonchev–Trinajstić information content (AvgIpc) is 3.15. The lowest BCUT2D eigenvalue weighted by atomic mass is 10.2. The van der Waals surface area contributed by atoms with E-state index in [1.807, 2.05) is 18.2 Å². The van der Waals surface area contributed by atoms with Crippen molar-refractivity contribution in [2.75, 3.05) is 55.5 Å². The molecule has 2 aliphatic rings. The zero-order valence-corrected chi connectivity index (χ0v) is 14.9. The highest BCUT2D eigenvalue weighted by atomic mass is 16.7. The van der Waals surface area contributed by atoms with Crippen LogP contribution in [-0.4, -0.2) is 54.4 Å². The van der Waals surface area contributed by atoms with Gasteiger partial charge >= 0.3 is 0 Å². The maximum absolute atomic E-state index is 6.35. The number of nitrogens with one attached hydrogen (secondary N) is 1. The van der Waals surface area contributed by atoms with Gasteiger partial charge in [-0.1, -0.05) is 13.0 Å². The van der Waals surface area contributed by atoms with Crippen molar-refractivity contribution >= 4 is 17.3 Å². The molecule has 26 heavy (non-hydrogen) atoms. The van der Waals surface area contributed by atoms with E-state index in [1.165, 1.54) is 0 Å². The van der Waals surface area contributed by atoms with Gasteiger partial charge in [-0.2, -0.15) is 0 Å². The molecule has 0 bridgehead atoms. The largest absolute Gasteiger partial charge is 0.454 e. The molecule has 0 spiro atoms. The lowest BCUT2D eigenvalue weighted by molar-refractivity contribution is 0.174. The Morgan fingerprint density at radius 2 is 1.92 bits per heavy atom. The van der Waals surface area contributed by atoms with Crippen molar-refractivity contribution in [1.29, 1.82) is 0 Å². The highest BCUT2D eigenvalue weighted by Gasteiger charge is 2.20. The van der Waals surface area contributed by atoms with Crippen LogP contribution in [0, 0.1) is 0 Å². The normalized spacial score (nSPS) is 16.7. The number of anilines is 3. The molecule has 1 fully saturated rings. The van der Waals surface area contributed by atoms with Crippen LogP contribution in [0.1, 0.15) is 12.5 Å². The molecule has 1 aromatic heterocycles. The van der Waals surface area contributed by atoms with Crippen molar-refractivity contribution in [1.82, 2.24) is 14.9 Å². The van der Waals surface area contributed by atoms with Crippen LogP contribution in [0.5, 0.6) is 11.5 Å². The first-order chi connectivity index (χ1) is 12.7. The summed E-state index contributed by atoms with van der Waals surface area (Å²) in [6, 6.07) is 5.89. The Morgan fingerprint density at radius 3 is 2.73 bits per heavy atom. The maximum Gasteiger partial charge on any atom is 0.231 e. The van der Waals surface area contributed by atoms with E-state index in [0.29, 0.717) is 18.1 Å². The Bertz CT molecular complexity index is 776. The van der Waals surface area contributed by atoms with Crippen molar-refractivity contribution in [3.05, 3.63) is 30.1 Å². The molecule has 1 saturated heterocycles. The molecule has 0 radical (unpaired) electrons. The van der Waals surface area contributed by atoms with Crippen molar-refractivity contribution in [2.24, 2.45) is 0 Å². The summed E-state index contributed by atoms with van der Waals surface area (Å²) in [7, 11) is 0. The summed E-state index contributed by atoms with van der Waals surface area (Å²) in [6.45, 7) is 8.05. The number of fused-ring (bicyclic) bond motifs is 1. The fourth-order valence-corrected chi connectivity index (χ4v) is 3.29. The van der Waals surface area contributed by atoms with Gasteiger partial charge in [0.05, 0.1) is 0 Å². The van der Waals surface area contributed by atoms with Crippen LogP contribution in [0.3, 0.4) is 0 Å². The van der Waals surface area contributed by atoms with Gasteiger partial charge in [-0.05, 0) is 24.2 Å². The lowest BCUT2D eigenvalue weighted by Crippen LogP contribution is -2.46. The van der Waals surface area contributed by atoms with Crippen LogP contribution in [-0.2, 0) is 6.54 Å². The van der Waals surface area contributed by atoms with Crippen molar-refractivity contribution in [2.45, 2.75) is 13.5 Å². The second-order valence-corrected chi connectivity index (χ2v) is 6.42. The summed E-state index contributed by atoms with van der Waals surface area (Å²) in [6.07, 6.45) is 1.57. The molecule has 3 N–H and O–H groups in total. The van der Waals surface area contributed by atoms with Crippen LogP contribution in [0.4, 0.5) is 17.3 Å². The van der Waals surface area contributed by atoms with E-state index in [2.05, 4.69) is 32.0 Å². The fourth-order valence-electron chi connectivity index (χ4n) is 3.29. The summed E-state index contributed by atoms with van der Waals surface area (Å²) in [4.78, 5) is 13.4. The van der Waals surface area contributed by atoms with Crippen molar-refractivity contribution < 1.29 is 9.47 Å². The molecular weight excluding hydrogens is 332 g/mol. The van der Waals surface area contributed by atoms with Gasteiger partial charge in [-0.15, -0.1) is 0 Å². The number of piperazine rings is 1. The van der Waals surface area contributed by atoms with E-state index in [1.54, 1.807) is 6.33 Å². The van der Waals surface area contributed by atoms with Gasteiger partial charge in [0.25, 0.3) is 0 Å². The number of nitrogens with two attached hydrogens (primary N) is 1. The fraction of sp³-hybridized carbons (Fsp3) is 0.444. The average molecular weight is 356 g/mol. The third kappa shape index (κ3) is 3.32. The van der Waals surface area contributed by atoms with Crippen LogP contribution in [0.15, 0.2) is 24.5 Å². The van der Waals surface area contributed by atoms with Gasteiger partial charge in [0, 0.05) is 32.7 Å². The molecule has 1 aromatic carbocycles. The van der Waals surface area contributed by atoms with Gasteiger partial charge in [0.2, 0.25) is 6.79 Å².